The van der Waals surface area contributed by atoms with E-state index in [1.807, 2.05) is 28.8 Å². The van der Waals surface area contributed by atoms with E-state index in [1.165, 1.54) is 36.4 Å². The lowest BCUT2D eigenvalue weighted by molar-refractivity contribution is -0.113. The van der Waals surface area contributed by atoms with Crippen LogP contribution in [-0.4, -0.2) is 39.5 Å². The average molecular weight is 454 g/mol. The SMILES string of the molecule is CC(C)Cn1c(SCC(=O)Nc2ccc(N3CCCC3)cc2)nnc1-c1ccccc1F. The summed E-state index contributed by atoms with van der Waals surface area (Å²) in [5, 5.41) is 12.0. The van der Waals surface area contributed by atoms with Crippen molar-refractivity contribution in [2.75, 3.05) is 29.1 Å². The van der Waals surface area contributed by atoms with E-state index in [2.05, 4.69) is 34.3 Å². The molecule has 0 bridgehead atoms. The van der Waals surface area contributed by atoms with Gasteiger partial charge in [0.25, 0.3) is 0 Å². The number of benzene rings is 2. The number of thioether (sulfide) groups is 1. The molecule has 0 spiro atoms. The first-order valence-corrected chi connectivity index (χ1v) is 12.0. The fourth-order valence-corrected chi connectivity index (χ4v) is 4.57. The Kier molecular flexibility index (Phi) is 7.09. The van der Waals surface area contributed by atoms with Gasteiger partial charge in [-0.1, -0.05) is 37.7 Å². The molecule has 0 unspecified atom stereocenters. The molecule has 0 atom stereocenters. The molecule has 1 saturated heterocycles. The molecule has 2 heterocycles. The lowest BCUT2D eigenvalue weighted by Gasteiger charge is -2.17. The molecule has 0 aliphatic carbocycles. The van der Waals surface area contributed by atoms with Gasteiger partial charge in [-0.05, 0) is 55.2 Å². The minimum Gasteiger partial charge on any atom is -0.372 e. The van der Waals surface area contributed by atoms with Gasteiger partial charge in [0.15, 0.2) is 11.0 Å². The standard InChI is InChI=1S/C24H28FN5OS/c1-17(2)15-30-23(20-7-3-4-8-21(20)25)27-28-24(30)32-16-22(31)26-18-9-11-19(12-10-18)29-13-5-6-14-29/h3-4,7-12,17H,5-6,13-16H2,1-2H3,(H,26,31). The number of aromatic nitrogens is 3. The summed E-state index contributed by atoms with van der Waals surface area (Å²) in [5.74, 6) is 0.546. The van der Waals surface area contributed by atoms with Gasteiger partial charge in [0.05, 0.1) is 11.3 Å². The van der Waals surface area contributed by atoms with Gasteiger partial charge in [-0.15, -0.1) is 10.2 Å². The van der Waals surface area contributed by atoms with Crippen molar-refractivity contribution in [3.05, 3.63) is 54.3 Å². The molecule has 1 amide bonds. The first-order valence-electron chi connectivity index (χ1n) is 11.0. The van der Waals surface area contributed by atoms with Crippen molar-refractivity contribution in [1.82, 2.24) is 14.8 Å². The molecule has 32 heavy (non-hydrogen) atoms. The van der Waals surface area contributed by atoms with Crippen LogP contribution in [-0.2, 0) is 11.3 Å². The highest BCUT2D eigenvalue weighted by atomic mass is 32.2. The number of carbonyl (C=O) groups excluding carboxylic acids is 1. The zero-order chi connectivity index (χ0) is 22.5. The predicted molar refractivity (Wildman–Crippen MR) is 127 cm³/mol. The highest BCUT2D eigenvalue weighted by Crippen LogP contribution is 2.27. The Balaban J connectivity index is 1.41. The van der Waals surface area contributed by atoms with Crippen molar-refractivity contribution in [2.45, 2.75) is 38.4 Å². The van der Waals surface area contributed by atoms with Crippen LogP contribution >= 0.6 is 11.8 Å². The number of anilines is 2. The van der Waals surface area contributed by atoms with Crippen LogP contribution in [0.4, 0.5) is 15.8 Å². The molecule has 8 heteroatoms. The normalized spacial score (nSPS) is 13.7. The Hall–Kier alpha value is -2.87. The number of rotatable bonds is 8. The molecule has 1 fully saturated rings. The Bertz CT molecular complexity index is 1060. The summed E-state index contributed by atoms with van der Waals surface area (Å²) in [7, 11) is 0. The van der Waals surface area contributed by atoms with Crippen LogP contribution in [0.5, 0.6) is 0 Å². The number of nitrogens with zero attached hydrogens (tertiary/aromatic N) is 4. The molecule has 1 aliphatic heterocycles. The molecule has 1 aromatic heterocycles. The van der Waals surface area contributed by atoms with Crippen molar-refractivity contribution in [1.29, 1.82) is 0 Å². The van der Waals surface area contributed by atoms with Crippen LogP contribution in [0.25, 0.3) is 11.4 Å². The zero-order valence-electron chi connectivity index (χ0n) is 18.4. The molecular formula is C24H28FN5OS. The third-order valence-corrected chi connectivity index (χ3v) is 6.30. The predicted octanol–water partition coefficient (Wildman–Crippen LogP) is 5.07. The van der Waals surface area contributed by atoms with Crippen molar-refractivity contribution < 1.29 is 9.18 Å². The summed E-state index contributed by atoms with van der Waals surface area (Å²) in [4.78, 5) is 14.9. The Morgan fingerprint density at radius 3 is 2.50 bits per heavy atom. The second-order valence-electron chi connectivity index (χ2n) is 8.37. The van der Waals surface area contributed by atoms with E-state index in [0.717, 1.165) is 18.8 Å². The summed E-state index contributed by atoms with van der Waals surface area (Å²) in [6.07, 6.45) is 2.46. The Morgan fingerprint density at radius 2 is 1.81 bits per heavy atom. The minimum absolute atomic E-state index is 0.115. The molecular weight excluding hydrogens is 425 g/mol. The molecule has 6 nitrogen and oxygen atoms in total. The van der Waals surface area contributed by atoms with Crippen LogP contribution in [0.15, 0.2) is 53.7 Å². The first kappa shape index (κ1) is 22.3. The smallest absolute Gasteiger partial charge is 0.234 e. The number of amides is 1. The molecule has 2 aromatic carbocycles. The van der Waals surface area contributed by atoms with Crippen molar-refractivity contribution in [2.24, 2.45) is 5.92 Å². The molecule has 0 saturated carbocycles. The minimum atomic E-state index is -0.337. The van der Waals surface area contributed by atoms with E-state index in [4.69, 9.17) is 0 Å². The van der Waals surface area contributed by atoms with Gasteiger partial charge in [0, 0.05) is 31.0 Å². The highest BCUT2D eigenvalue weighted by molar-refractivity contribution is 7.99. The zero-order valence-corrected chi connectivity index (χ0v) is 19.2. The lowest BCUT2D eigenvalue weighted by Crippen LogP contribution is -2.18. The molecule has 1 aliphatic rings. The molecule has 1 N–H and O–H groups in total. The van der Waals surface area contributed by atoms with Gasteiger partial charge >= 0.3 is 0 Å². The number of halogens is 1. The second kappa shape index (κ2) is 10.2. The fourth-order valence-electron chi connectivity index (χ4n) is 3.83. The third-order valence-electron chi connectivity index (χ3n) is 5.33. The van der Waals surface area contributed by atoms with E-state index in [0.29, 0.717) is 29.0 Å². The summed E-state index contributed by atoms with van der Waals surface area (Å²) in [5.41, 5.74) is 2.38. The maximum atomic E-state index is 14.3. The van der Waals surface area contributed by atoms with E-state index in [-0.39, 0.29) is 17.5 Å². The van der Waals surface area contributed by atoms with E-state index >= 15 is 0 Å². The van der Waals surface area contributed by atoms with E-state index in [9.17, 15) is 9.18 Å². The quantitative estimate of drug-likeness (QED) is 0.483. The fraction of sp³-hybridized carbons (Fsp3) is 0.375. The first-order chi connectivity index (χ1) is 15.5. The number of hydrogen-bond donors (Lipinski definition) is 1. The average Bonchev–Trinajstić information content (AvgIpc) is 3.44. The molecule has 4 rings (SSSR count). The van der Waals surface area contributed by atoms with E-state index < -0.39 is 0 Å². The third kappa shape index (κ3) is 5.30. The van der Waals surface area contributed by atoms with Gasteiger partial charge in [0.1, 0.15) is 5.82 Å². The molecule has 168 valence electrons. The maximum Gasteiger partial charge on any atom is 0.234 e. The summed E-state index contributed by atoms with van der Waals surface area (Å²) in [6.45, 7) is 6.98. The van der Waals surface area contributed by atoms with Gasteiger partial charge < -0.3 is 14.8 Å². The van der Waals surface area contributed by atoms with Crippen LogP contribution in [0.3, 0.4) is 0 Å². The van der Waals surface area contributed by atoms with Gasteiger partial charge in [-0.3, -0.25) is 4.79 Å². The topological polar surface area (TPSA) is 63.1 Å². The van der Waals surface area contributed by atoms with Crippen molar-refractivity contribution in [3.8, 4) is 11.4 Å². The molecule has 0 radical (unpaired) electrons. The van der Waals surface area contributed by atoms with Crippen LogP contribution in [0.1, 0.15) is 26.7 Å². The van der Waals surface area contributed by atoms with Gasteiger partial charge in [0.2, 0.25) is 5.91 Å². The summed E-state index contributed by atoms with van der Waals surface area (Å²) < 4.78 is 16.2. The van der Waals surface area contributed by atoms with Crippen molar-refractivity contribution >= 4 is 29.0 Å². The Morgan fingerprint density at radius 1 is 1.09 bits per heavy atom. The summed E-state index contributed by atoms with van der Waals surface area (Å²) >= 11 is 1.31. The summed E-state index contributed by atoms with van der Waals surface area (Å²) in [6, 6.07) is 14.5. The number of carbonyl (C=O) groups is 1. The largest absolute Gasteiger partial charge is 0.372 e. The van der Waals surface area contributed by atoms with E-state index in [1.54, 1.807) is 18.2 Å². The van der Waals surface area contributed by atoms with Crippen LogP contribution in [0.2, 0.25) is 0 Å². The van der Waals surface area contributed by atoms with Crippen LogP contribution in [0, 0.1) is 11.7 Å². The lowest BCUT2D eigenvalue weighted by atomic mass is 10.2. The van der Waals surface area contributed by atoms with Gasteiger partial charge in [-0.25, -0.2) is 4.39 Å². The number of nitrogens with one attached hydrogen (secondary N) is 1. The maximum absolute atomic E-state index is 14.3. The van der Waals surface area contributed by atoms with Crippen LogP contribution < -0.4 is 10.2 Å². The monoisotopic (exact) mass is 453 g/mol. The Labute approximate surface area is 192 Å². The van der Waals surface area contributed by atoms with Crippen molar-refractivity contribution in [3.63, 3.8) is 0 Å². The highest BCUT2D eigenvalue weighted by Gasteiger charge is 2.19. The number of hydrogen-bond acceptors (Lipinski definition) is 5. The van der Waals surface area contributed by atoms with Gasteiger partial charge in [-0.2, -0.15) is 0 Å². The molecule has 3 aromatic rings. The second-order valence-corrected chi connectivity index (χ2v) is 9.31.